The molecule has 0 aliphatic carbocycles. The second-order valence-electron chi connectivity index (χ2n) is 5.22. The molecule has 0 fully saturated rings. The lowest BCUT2D eigenvalue weighted by molar-refractivity contribution is 0.184. The van der Waals surface area contributed by atoms with Gasteiger partial charge in [-0.1, -0.05) is 34.9 Å². The van der Waals surface area contributed by atoms with Crippen LogP contribution in [0.15, 0.2) is 34.4 Å². The van der Waals surface area contributed by atoms with Crippen molar-refractivity contribution in [3.8, 4) is 0 Å². The highest BCUT2D eigenvalue weighted by molar-refractivity contribution is 7.51. The van der Waals surface area contributed by atoms with E-state index in [4.69, 9.17) is 26.1 Å². The number of halogens is 1. The van der Waals surface area contributed by atoms with Crippen molar-refractivity contribution in [1.29, 1.82) is 0 Å². The standard InChI is InChI=1S/C15H26ClO4P/c1-13(2)6-4-7-14(3)8-5-9-15(16)10-11-20-12-21(17,18)19/h6,8,10H,4-5,7,9,11-12H2,1-3H3,(H2,17,18,19)/b14-8+,15-10+. The van der Waals surface area contributed by atoms with Gasteiger partial charge in [0.2, 0.25) is 0 Å². The zero-order valence-corrected chi connectivity index (χ0v) is 14.7. The van der Waals surface area contributed by atoms with E-state index < -0.39 is 13.9 Å². The fourth-order valence-corrected chi connectivity index (χ4v) is 2.09. The van der Waals surface area contributed by atoms with Gasteiger partial charge in [0, 0.05) is 5.03 Å². The summed E-state index contributed by atoms with van der Waals surface area (Å²) in [5, 5.41) is 0.647. The Kier molecular flexibility index (Phi) is 11.0. The van der Waals surface area contributed by atoms with Gasteiger partial charge in [-0.2, -0.15) is 0 Å². The Hall–Kier alpha value is -0.380. The molecule has 0 aromatic rings. The predicted octanol–water partition coefficient (Wildman–Crippen LogP) is 4.73. The maximum atomic E-state index is 10.6. The number of hydrogen-bond donors (Lipinski definition) is 2. The van der Waals surface area contributed by atoms with E-state index in [1.807, 2.05) is 0 Å². The molecule has 0 aromatic heterocycles. The smallest absolute Gasteiger partial charge is 0.350 e. The summed E-state index contributed by atoms with van der Waals surface area (Å²) in [4.78, 5) is 17.2. The first-order valence-electron chi connectivity index (χ1n) is 6.96. The van der Waals surface area contributed by atoms with Gasteiger partial charge >= 0.3 is 7.60 Å². The molecule has 2 N–H and O–H groups in total. The highest BCUT2D eigenvalue weighted by Gasteiger charge is 2.11. The Bertz CT molecular complexity index is 431. The van der Waals surface area contributed by atoms with E-state index in [1.165, 1.54) is 11.1 Å². The molecule has 0 aliphatic rings. The fraction of sp³-hybridized carbons (Fsp3) is 0.600. The van der Waals surface area contributed by atoms with Crippen LogP contribution in [0.5, 0.6) is 0 Å². The summed E-state index contributed by atoms with van der Waals surface area (Å²) in [5.74, 6) is 0. The topological polar surface area (TPSA) is 66.8 Å². The molecule has 0 amide bonds. The first kappa shape index (κ1) is 20.6. The third-order valence-electron chi connectivity index (χ3n) is 2.65. The number of rotatable bonds is 10. The van der Waals surface area contributed by atoms with E-state index in [0.717, 1.165) is 19.3 Å². The molecule has 0 radical (unpaired) electrons. The molecule has 4 nitrogen and oxygen atoms in total. The summed E-state index contributed by atoms with van der Waals surface area (Å²) in [7, 11) is -4.09. The Morgan fingerprint density at radius 1 is 1.10 bits per heavy atom. The van der Waals surface area contributed by atoms with Crippen LogP contribution in [0.4, 0.5) is 0 Å². The van der Waals surface area contributed by atoms with Gasteiger partial charge in [-0.3, -0.25) is 4.57 Å². The van der Waals surface area contributed by atoms with Gasteiger partial charge in [-0.05, 0) is 52.5 Å². The molecule has 0 saturated carbocycles. The molecule has 122 valence electrons. The minimum atomic E-state index is -4.09. The summed E-state index contributed by atoms with van der Waals surface area (Å²) in [6.45, 7) is 6.42. The Balaban J connectivity index is 3.88. The van der Waals surface area contributed by atoms with Crippen molar-refractivity contribution in [3.63, 3.8) is 0 Å². The minimum Gasteiger partial charge on any atom is -0.365 e. The molecule has 0 spiro atoms. The van der Waals surface area contributed by atoms with Crippen molar-refractivity contribution in [2.75, 3.05) is 13.0 Å². The van der Waals surface area contributed by atoms with Gasteiger partial charge in [0.1, 0.15) is 6.35 Å². The largest absolute Gasteiger partial charge is 0.365 e. The molecule has 0 bridgehead atoms. The summed E-state index contributed by atoms with van der Waals surface area (Å²) in [6.07, 6.45) is 9.15. The minimum absolute atomic E-state index is 0.118. The highest BCUT2D eigenvalue weighted by atomic mass is 35.5. The van der Waals surface area contributed by atoms with Crippen molar-refractivity contribution in [3.05, 3.63) is 34.4 Å². The van der Waals surface area contributed by atoms with E-state index in [0.29, 0.717) is 11.5 Å². The van der Waals surface area contributed by atoms with Crippen LogP contribution >= 0.6 is 19.2 Å². The molecule has 0 aromatic carbocycles. The van der Waals surface area contributed by atoms with Crippen molar-refractivity contribution in [2.24, 2.45) is 0 Å². The second-order valence-corrected chi connectivity index (χ2v) is 7.30. The molecule has 21 heavy (non-hydrogen) atoms. The van der Waals surface area contributed by atoms with Crippen LogP contribution in [0.2, 0.25) is 0 Å². The summed E-state index contributed by atoms with van der Waals surface area (Å²) < 4.78 is 15.4. The van der Waals surface area contributed by atoms with Gasteiger partial charge in [0.05, 0.1) is 6.61 Å². The first-order valence-corrected chi connectivity index (χ1v) is 9.14. The third kappa shape index (κ3) is 15.8. The Morgan fingerprint density at radius 2 is 1.71 bits per heavy atom. The van der Waals surface area contributed by atoms with Gasteiger partial charge in [-0.15, -0.1) is 0 Å². The monoisotopic (exact) mass is 336 g/mol. The van der Waals surface area contributed by atoms with Crippen molar-refractivity contribution in [2.45, 2.75) is 46.5 Å². The van der Waals surface area contributed by atoms with Crippen LogP contribution in [-0.2, 0) is 9.30 Å². The van der Waals surface area contributed by atoms with Crippen molar-refractivity contribution in [1.82, 2.24) is 0 Å². The fourth-order valence-electron chi connectivity index (χ4n) is 1.57. The number of ether oxygens (including phenoxy) is 1. The predicted molar refractivity (Wildman–Crippen MR) is 88.5 cm³/mol. The SMILES string of the molecule is CC(C)=CCC/C(C)=C/CC/C(Cl)=C\COCP(=O)(O)O. The van der Waals surface area contributed by atoms with Gasteiger partial charge in [0.25, 0.3) is 0 Å². The maximum Gasteiger partial charge on any atom is 0.350 e. The van der Waals surface area contributed by atoms with Crippen LogP contribution in [-0.4, -0.2) is 22.7 Å². The average molecular weight is 337 g/mol. The van der Waals surface area contributed by atoms with Crippen LogP contribution in [0.25, 0.3) is 0 Å². The highest BCUT2D eigenvalue weighted by Crippen LogP contribution is 2.33. The Labute approximate surface area is 132 Å². The van der Waals surface area contributed by atoms with Crippen molar-refractivity contribution >= 4 is 19.2 Å². The summed E-state index contributed by atoms with van der Waals surface area (Å²) in [5.41, 5.74) is 2.68. The molecule has 0 saturated heterocycles. The number of hydrogen-bond acceptors (Lipinski definition) is 2. The van der Waals surface area contributed by atoms with Crippen LogP contribution in [0.1, 0.15) is 46.5 Å². The molecular formula is C15H26ClO4P. The average Bonchev–Trinajstić information content (AvgIpc) is 2.33. The summed E-state index contributed by atoms with van der Waals surface area (Å²) in [6, 6.07) is 0. The zero-order chi connectivity index (χ0) is 16.3. The lowest BCUT2D eigenvalue weighted by Crippen LogP contribution is -1.95. The first-order chi connectivity index (χ1) is 9.70. The van der Waals surface area contributed by atoms with E-state index in [9.17, 15) is 4.57 Å². The molecule has 0 aliphatic heterocycles. The molecule has 0 atom stereocenters. The number of allylic oxidation sites excluding steroid dienone is 5. The lowest BCUT2D eigenvalue weighted by atomic mass is 10.1. The maximum absolute atomic E-state index is 10.6. The van der Waals surface area contributed by atoms with Crippen molar-refractivity contribution < 1.29 is 19.1 Å². The second kappa shape index (κ2) is 11.2. The van der Waals surface area contributed by atoms with E-state index in [-0.39, 0.29) is 6.61 Å². The Morgan fingerprint density at radius 3 is 2.29 bits per heavy atom. The molecular weight excluding hydrogens is 311 g/mol. The summed E-state index contributed by atoms with van der Waals surface area (Å²) >= 11 is 6.01. The molecule has 0 heterocycles. The van der Waals surface area contributed by atoms with Crippen LogP contribution in [0, 0.1) is 0 Å². The third-order valence-corrected chi connectivity index (χ3v) is 3.51. The quantitative estimate of drug-likeness (QED) is 0.344. The van der Waals surface area contributed by atoms with Gasteiger partial charge in [-0.25, -0.2) is 0 Å². The molecule has 0 rings (SSSR count). The van der Waals surface area contributed by atoms with Gasteiger partial charge in [0.15, 0.2) is 0 Å². The van der Waals surface area contributed by atoms with E-state index in [1.54, 1.807) is 6.08 Å². The zero-order valence-electron chi connectivity index (χ0n) is 13.0. The molecule has 6 heteroatoms. The normalized spacial score (nSPS) is 13.4. The van der Waals surface area contributed by atoms with E-state index in [2.05, 4.69) is 32.9 Å². The van der Waals surface area contributed by atoms with Crippen LogP contribution < -0.4 is 0 Å². The molecule has 0 unspecified atom stereocenters. The van der Waals surface area contributed by atoms with Crippen LogP contribution in [0.3, 0.4) is 0 Å². The lowest BCUT2D eigenvalue weighted by Gasteiger charge is -2.03. The van der Waals surface area contributed by atoms with Gasteiger partial charge < -0.3 is 14.5 Å². The van der Waals surface area contributed by atoms with E-state index >= 15 is 0 Å².